The first-order chi connectivity index (χ1) is 14.1. The molecule has 0 radical (unpaired) electrons. The van der Waals surface area contributed by atoms with Gasteiger partial charge in [-0.2, -0.15) is 5.26 Å². The summed E-state index contributed by atoms with van der Waals surface area (Å²) in [5.74, 6) is 0.969. The van der Waals surface area contributed by atoms with E-state index in [9.17, 15) is 4.79 Å². The molecular weight excluding hydrogens is 372 g/mol. The normalized spacial score (nSPS) is 13.1. The molecule has 2 amide bonds. The minimum absolute atomic E-state index is 0.325. The Balaban J connectivity index is 1.92. The van der Waals surface area contributed by atoms with Gasteiger partial charge in [-0.05, 0) is 49.2 Å². The van der Waals surface area contributed by atoms with Gasteiger partial charge in [-0.3, -0.25) is 10.2 Å². The fourth-order valence-electron chi connectivity index (χ4n) is 3.32. The van der Waals surface area contributed by atoms with Gasteiger partial charge in [0.05, 0.1) is 5.56 Å². The number of pyridine rings is 2. The predicted octanol–water partition coefficient (Wildman–Crippen LogP) is 2.34. The lowest BCUT2D eigenvalue weighted by molar-refractivity contribution is -0.109. The van der Waals surface area contributed by atoms with Crippen LogP contribution in [0.5, 0.6) is 0 Å². The first-order valence-electron chi connectivity index (χ1n) is 9.28. The molecule has 29 heavy (non-hydrogen) atoms. The van der Waals surface area contributed by atoms with Crippen LogP contribution in [0.3, 0.4) is 0 Å². The molecule has 0 atom stereocenters. The van der Waals surface area contributed by atoms with Crippen LogP contribution < -0.4 is 15.5 Å². The molecule has 2 N–H and O–H groups in total. The van der Waals surface area contributed by atoms with Crippen LogP contribution in [0.1, 0.15) is 35.1 Å². The molecule has 9 nitrogen and oxygen atoms in total. The molecular formula is C20H24N6O3. The number of urea groups is 1. The Morgan fingerprint density at radius 3 is 2.79 bits per heavy atom. The van der Waals surface area contributed by atoms with E-state index in [2.05, 4.69) is 21.7 Å². The molecule has 0 fully saturated rings. The number of nitriles is 1. The summed E-state index contributed by atoms with van der Waals surface area (Å²) in [5.41, 5.74) is 3.04. The van der Waals surface area contributed by atoms with Crippen LogP contribution in [0.15, 0.2) is 24.4 Å². The highest BCUT2D eigenvalue weighted by Gasteiger charge is 2.28. The molecule has 3 rings (SSSR count). The zero-order valence-corrected chi connectivity index (χ0v) is 16.7. The Morgan fingerprint density at radius 2 is 2.17 bits per heavy atom. The van der Waals surface area contributed by atoms with Gasteiger partial charge < -0.3 is 14.8 Å². The maximum absolute atomic E-state index is 12.9. The number of nitrogens with zero attached hydrogens (tertiary/aromatic N) is 4. The molecule has 1 aliphatic heterocycles. The van der Waals surface area contributed by atoms with Crippen molar-refractivity contribution in [1.82, 2.24) is 15.3 Å². The number of rotatable bonds is 6. The SMILES string of the molecule is CNCc1cc2c(nc1C(OC)OC)N(C(=O)Nc1ccc(C#N)cn1)CCC2. The average molecular weight is 396 g/mol. The topological polar surface area (TPSA) is 112 Å². The van der Waals surface area contributed by atoms with Crippen LogP contribution in [0.25, 0.3) is 0 Å². The molecule has 1 aliphatic rings. The number of hydrogen-bond donors (Lipinski definition) is 2. The van der Waals surface area contributed by atoms with Gasteiger partial charge in [0.1, 0.15) is 23.4 Å². The predicted molar refractivity (Wildman–Crippen MR) is 107 cm³/mol. The van der Waals surface area contributed by atoms with Gasteiger partial charge in [0.15, 0.2) is 0 Å². The second kappa shape index (κ2) is 9.43. The van der Waals surface area contributed by atoms with Crippen molar-refractivity contribution in [3.05, 3.63) is 46.8 Å². The Bertz CT molecular complexity index is 906. The van der Waals surface area contributed by atoms with Crippen LogP contribution >= 0.6 is 0 Å². The summed E-state index contributed by atoms with van der Waals surface area (Å²) in [6.45, 7) is 1.15. The number of methoxy groups -OCH3 is 2. The third-order valence-electron chi connectivity index (χ3n) is 4.67. The molecule has 2 aromatic heterocycles. The summed E-state index contributed by atoms with van der Waals surface area (Å²) in [6.07, 6.45) is 2.46. The number of ether oxygens (including phenoxy) is 2. The summed E-state index contributed by atoms with van der Waals surface area (Å²) in [4.78, 5) is 23.4. The van der Waals surface area contributed by atoms with E-state index >= 15 is 0 Å². The number of aryl methyl sites for hydroxylation is 1. The molecule has 2 aromatic rings. The van der Waals surface area contributed by atoms with E-state index in [1.165, 1.54) is 6.20 Å². The lowest BCUT2D eigenvalue weighted by atomic mass is 10.0. The van der Waals surface area contributed by atoms with E-state index in [4.69, 9.17) is 19.7 Å². The maximum Gasteiger partial charge on any atom is 0.328 e. The Morgan fingerprint density at radius 1 is 1.38 bits per heavy atom. The number of fused-ring (bicyclic) bond motifs is 1. The second-order valence-electron chi connectivity index (χ2n) is 6.58. The van der Waals surface area contributed by atoms with E-state index in [-0.39, 0.29) is 6.03 Å². The number of nitrogens with one attached hydrogen (secondary N) is 2. The fraction of sp³-hybridized carbons (Fsp3) is 0.400. The van der Waals surface area contributed by atoms with Crippen LogP contribution in [0.2, 0.25) is 0 Å². The molecule has 0 saturated carbocycles. The molecule has 0 bridgehead atoms. The number of anilines is 2. The third kappa shape index (κ3) is 4.51. The van der Waals surface area contributed by atoms with Gasteiger partial charge in [0.2, 0.25) is 6.29 Å². The Labute approximate surface area is 169 Å². The summed E-state index contributed by atoms with van der Waals surface area (Å²) in [5, 5.41) is 14.8. The van der Waals surface area contributed by atoms with E-state index < -0.39 is 6.29 Å². The van der Waals surface area contributed by atoms with Crippen LogP contribution in [0, 0.1) is 11.3 Å². The van der Waals surface area contributed by atoms with Crippen molar-refractivity contribution in [3.63, 3.8) is 0 Å². The standard InChI is InChI=1S/C20H24N6O3/c1-22-12-15-9-14-5-4-8-26(18(14)25-17(15)19(28-2)29-3)20(27)24-16-7-6-13(10-21)11-23-16/h6-7,9,11,19,22H,4-5,8,12H2,1-3H3,(H,23,24,27). The van der Waals surface area contributed by atoms with Crippen molar-refractivity contribution in [1.29, 1.82) is 5.26 Å². The maximum atomic E-state index is 12.9. The summed E-state index contributed by atoms with van der Waals surface area (Å²) >= 11 is 0. The largest absolute Gasteiger partial charge is 0.350 e. The zero-order chi connectivity index (χ0) is 20.8. The highest BCUT2D eigenvalue weighted by atomic mass is 16.7. The van der Waals surface area contributed by atoms with Crippen molar-refractivity contribution in [2.75, 3.05) is 38.0 Å². The molecule has 152 valence electrons. The van der Waals surface area contributed by atoms with Crippen molar-refractivity contribution in [2.24, 2.45) is 0 Å². The summed E-state index contributed by atoms with van der Waals surface area (Å²) < 4.78 is 10.8. The first-order valence-corrected chi connectivity index (χ1v) is 9.28. The summed E-state index contributed by atoms with van der Waals surface area (Å²) in [7, 11) is 4.97. The van der Waals surface area contributed by atoms with Gasteiger partial charge in [0, 0.05) is 33.5 Å². The van der Waals surface area contributed by atoms with Crippen molar-refractivity contribution >= 4 is 17.7 Å². The van der Waals surface area contributed by atoms with E-state index in [0.29, 0.717) is 36.0 Å². The quantitative estimate of drug-likeness (QED) is 0.721. The minimum atomic E-state index is -0.629. The highest BCUT2D eigenvalue weighted by Crippen LogP contribution is 2.31. The van der Waals surface area contributed by atoms with Gasteiger partial charge in [-0.1, -0.05) is 0 Å². The van der Waals surface area contributed by atoms with Crippen LogP contribution in [-0.4, -0.2) is 43.8 Å². The minimum Gasteiger partial charge on any atom is -0.350 e. The van der Waals surface area contributed by atoms with Crippen molar-refractivity contribution in [2.45, 2.75) is 25.7 Å². The molecule has 0 saturated heterocycles. The van der Waals surface area contributed by atoms with E-state index in [0.717, 1.165) is 24.0 Å². The van der Waals surface area contributed by atoms with Crippen molar-refractivity contribution < 1.29 is 14.3 Å². The van der Waals surface area contributed by atoms with Crippen LogP contribution in [-0.2, 0) is 22.4 Å². The number of carbonyl (C=O) groups excluding carboxylic acids is 1. The van der Waals surface area contributed by atoms with Gasteiger partial charge >= 0.3 is 6.03 Å². The molecule has 0 unspecified atom stereocenters. The fourth-order valence-corrected chi connectivity index (χ4v) is 3.32. The molecule has 9 heteroatoms. The van der Waals surface area contributed by atoms with Gasteiger partial charge in [-0.15, -0.1) is 0 Å². The summed E-state index contributed by atoms with van der Waals surface area (Å²) in [6, 6.07) is 6.94. The van der Waals surface area contributed by atoms with E-state index in [1.807, 2.05) is 13.1 Å². The number of amides is 2. The lowest BCUT2D eigenvalue weighted by Crippen LogP contribution is -2.40. The number of aromatic nitrogens is 2. The number of hydrogen-bond acceptors (Lipinski definition) is 7. The van der Waals surface area contributed by atoms with Crippen LogP contribution in [0.4, 0.5) is 16.4 Å². The van der Waals surface area contributed by atoms with E-state index in [1.54, 1.807) is 31.3 Å². The lowest BCUT2D eigenvalue weighted by Gasteiger charge is -2.30. The third-order valence-corrected chi connectivity index (χ3v) is 4.67. The Hall–Kier alpha value is -3.06. The number of carbonyl (C=O) groups is 1. The molecule has 0 aliphatic carbocycles. The molecule has 3 heterocycles. The van der Waals surface area contributed by atoms with Gasteiger partial charge in [-0.25, -0.2) is 14.8 Å². The first kappa shape index (κ1) is 20.7. The molecule has 0 aromatic carbocycles. The smallest absolute Gasteiger partial charge is 0.328 e. The van der Waals surface area contributed by atoms with Gasteiger partial charge in [0.25, 0.3) is 0 Å². The second-order valence-corrected chi connectivity index (χ2v) is 6.58. The average Bonchev–Trinajstić information content (AvgIpc) is 2.75. The monoisotopic (exact) mass is 396 g/mol. The Kier molecular flexibility index (Phi) is 6.72. The highest BCUT2D eigenvalue weighted by molar-refractivity contribution is 6.01. The zero-order valence-electron chi connectivity index (χ0n) is 16.7. The molecule has 0 spiro atoms. The van der Waals surface area contributed by atoms with Crippen molar-refractivity contribution in [3.8, 4) is 6.07 Å².